The molecule has 2 aromatic carbocycles. The molecule has 1 aliphatic rings. The molecule has 5 nitrogen and oxygen atoms in total. The molecule has 0 saturated heterocycles. The Kier molecular flexibility index (Phi) is 4.93. The third kappa shape index (κ3) is 3.85. The number of aliphatic carboxylic acids is 1. The number of ether oxygens (including phenoxy) is 1. The zero-order valence-electron chi connectivity index (χ0n) is 14.1. The minimum atomic E-state index is -4.95. The predicted octanol–water partition coefficient (Wildman–Crippen LogP) is 4.20. The molecular formula is C18H12ClF3O5S. The lowest BCUT2D eigenvalue weighted by molar-refractivity contribution is -0.187. The second-order valence-electron chi connectivity index (χ2n) is 6.11. The molecule has 2 aromatic rings. The van der Waals surface area contributed by atoms with Crippen LogP contribution >= 0.6 is 11.6 Å². The minimum Gasteiger partial charge on any atom is -0.478 e. The maximum atomic E-state index is 13.3. The largest absolute Gasteiger partial charge is 0.478 e. The van der Waals surface area contributed by atoms with E-state index in [0.29, 0.717) is 5.56 Å². The van der Waals surface area contributed by atoms with Crippen molar-refractivity contribution in [2.45, 2.75) is 17.2 Å². The molecule has 0 bridgehead atoms. The zero-order chi connectivity index (χ0) is 20.9. The summed E-state index contributed by atoms with van der Waals surface area (Å²) in [5.41, 5.74) is -0.343. The number of hydrogen-bond acceptors (Lipinski definition) is 4. The normalized spacial score (nSPS) is 16.8. The maximum Gasteiger partial charge on any atom is 0.430 e. The van der Waals surface area contributed by atoms with Crippen molar-refractivity contribution in [3.8, 4) is 16.9 Å². The highest BCUT2D eigenvalue weighted by Gasteiger charge is 2.48. The Balaban J connectivity index is 2.19. The Morgan fingerprint density at radius 2 is 1.79 bits per heavy atom. The fraction of sp³-hybridized carbons (Fsp3) is 0.167. The minimum absolute atomic E-state index is 0.0364. The number of carboxylic acids is 1. The molecular weight excluding hydrogens is 421 g/mol. The second kappa shape index (κ2) is 6.82. The van der Waals surface area contributed by atoms with E-state index >= 15 is 0 Å². The molecule has 0 amide bonds. The topological polar surface area (TPSA) is 80.7 Å². The first-order valence-electron chi connectivity index (χ1n) is 7.70. The lowest BCUT2D eigenvalue weighted by atomic mass is 9.96. The van der Waals surface area contributed by atoms with Crippen molar-refractivity contribution < 1.29 is 36.2 Å². The van der Waals surface area contributed by atoms with Crippen molar-refractivity contribution in [1.29, 1.82) is 0 Å². The molecule has 28 heavy (non-hydrogen) atoms. The van der Waals surface area contributed by atoms with Gasteiger partial charge in [-0.05, 0) is 35.9 Å². The molecule has 0 aliphatic carbocycles. The molecule has 0 spiro atoms. The number of rotatable bonds is 3. The average Bonchev–Trinajstić information content (AvgIpc) is 2.58. The van der Waals surface area contributed by atoms with Gasteiger partial charge in [0.15, 0.2) is 9.84 Å². The third-order valence-corrected chi connectivity index (χ3v) is 5.40. The van der Waals surface area contributed by atoms with E-state index in [1.54, 1.807) is 0 Å². The summed E-state index contributed by atoms with van der Waals surface area (Å²) in [7, 11) is -3.45. The zero-order valence-corrected chi connectivity index (χ0v) is 15.7. The number of halogens is 4. The quantitative estimate of drug-likeness (QED) is 0.786. The van der Waals surface area contributed by atoms with E-state index in [1.807, 2.05) is 0 Å². The van der Waals surface area contributed by atoms with E-state index in [0.717, 1.165) is 12.3 Å². The molecule has 1 N–H and O–H groups in total. The highest BCUT2D eigenvalue weighted by Crippen LogP contribution is 2.44. The third-order valence-electron chi connectivity index (χ3n) is 4.05. The lowest BCUT2D eigenvalue weighted by Gasteiger charge is -2.28. The SMILES string of the molecule is CS(=O)(=O)c1ccc(-c2cc(Cl)cc3c2O[C@H](C(F)(F)F)C(C(=O)O)=C3)cc1. The van der Waals surface area contributed by atoms with Crippen molar-refractivity contribution in [2.75, 3.05) is 6.26 Å². The van der Waals surface area contributed by atoms with Crippen molar-refractivity contribution in [3.05, 3.63) is 52.6 Å². The highest BCUT2D eigenvalue weighted by atomic mass is 35.5. The first-order valence-corrected chi connectivity index (χ1v) is 9.97. The smallest absolute Gasteiger partial charge is 0.430 e. The molecule has 0 radical (unpaired) electrons. The molecule has 0 aromatic heterocycles. The van der Waals surface area contributed by atoms with Gasteiger partial charge in [-0.1, -0.05) is 23.7 Å². The number of benzene rings is 2. The van der Waals surface area contributed by atoms with E-state index in [2.05, 4.69) is 0 Å². The maximum absolute atomic E-state index is 13.3. The summed E-state index contributed by atoms with van der Waals surface area (Å²) in [6.07, 6.45) is -5.69. The van der Waals surface area contributed by atoms with E-state index in [1.165, 1.54) is 36.4 Å². The second-order valence-corrected chi connectivity index (χ2v) is 8.56. The van der Waals surface area contributed by atoms with Crippen LogP contribution < -0.4 is 4.74 Å². The number of hydrogen-bond donors (Lipinski definition) is 1. The van der Waals surface area contributed by atoms with Gasteiger partial charge in [0.25, 0.3) is 0 Å². The molecule has 0 saturated carbocycles. The number of fused-ring (bicyclic) bond motifs is 1. The Morgan fingerprint density at radius 3 is 2.29 bits per heavy atom. The van der Waals surface area contributed by atoms with Crippen LogP contribution in [-0.4, -0.2) is 38.0 Å². The van der Waals surface area contributed by atoms with Gasteiger partial charge >= 0.3 is 12.1 Å². The molecule has 10 heteroatoms. The van der Waals surface area contributed by atoms with E-state index in [4.69, 9.17) is 21.4 Å². The first-order chi connectivity index (χ1) is 12.9. The average molecular weight is 433 g/mol. The van der Waals surface area contributed by atoms with Gasteiger partial charge in [0.2, 0.25) is 6.10 Å². The van der Waals surface area contributed by atoms with Crippen LogP contribution in [0.1, 0.15) is 5.56 Å². The van der Waals surface area contributed by atoms with Gasteiger partial charge in [0, 0.05) is 22.4 Å². The van der Waals surface area contributed by atoms with Crippen LogP contribution in [-0.2, 0) is 14.6 Å². The first kappa shape index (κ1) is 20.2. The summed E-state index contributed by atoms with van der Waals surface area (Å²) in [6.45, 7) is 0. The van der Waals surface area contributed by atoms with Crippen LogP contribution in [0.2, 0.25) is 5.02 Å². The molecule has 1 aliphatic heterocycles. The molecule has 0 unspecified atom stereocenters. The molecule has 1 atom stereocenters. The van der Waals surface area contributed by atoms with Crippen LogP contribution in [0, 0.1) is 0 Å². The van der Waals surface area contributed by atoms with Gasteiger partial charge in [-0.25, -0.2) is 13.2 Å². The van der Waals surface area contributed by atoms with Crippen molar-refractivity contribution >= 4 is 33.5 Å². The van der Waals surface area contributed by atoms with Gasteiger partial charge in [-0.3, -0.25) is 0 Å². The number of carbonyl (C=O) groups is 1. The van der Waals surface area contributed by atoms with Gasteiger partial charge in [-0.2, -0.15) is 13.2 Å². The predicted molar refractivity (Wildman–Crippen MR) is 96.1 cm³/mol. The van der Waals surface area contributed by atoms with Crippen molar-refractivity contribution in [2.24, 2.45) is 0 Å². The summed E-state index contributed by atoms with van der Waals surface area (Å²) in [5, 5.41) is 9.27. The van der Waals surface area contributed by atoms with E-state index in [-0.39, 0.29) is 26.8 Å². The Morgan fingerprint density at radius 1 is 1.18 bits per heavy atom. The summed E-state index contributed by atoms with van der Waals surface area (Å²) < 4.78 is 68.2. The lowest BCUT2D eigenvalue weighted by Crippen LogP contribution is -2.40. The van der Waals surface area contributed by atoms with Crippen LogP contribution in [0.25, 0.3) is 17.2 Å². The molecule has 148 valence electrons. The van der Waals surface area contributed by atoms with Crippen LogP contribution in [0.3, 0.4) is 0 Å². The van der Waals surface area contributed by atoms with Crippen LogP contribution in [0.4, 0.5) is 13.2 Å². The standard InChI is InChI=1S/C18H12ClF3O5S/c1-28(25,26)12-4-2-9(3-5-12)13-8-11(19)6-10-7-14(17(23)24)16(18(20,21)22)27-15(10)13/h2-8,16H,1H3,(H,23,24)/t16-/m0/s1. The van der Waals surface area contributed by atoms with Crippen molar-refractivity contribution in [1.82, 2.24) is 0 Å². The fourth-order valence-corrected chi connectivity index (χ4v) is 3.65. The fourth-order valence-electron chi connectivity index (χ4n) is 2.79. The Bertz CT molecular complexity index is 1090. The summed E-state index contributed by atoms with van der Waals surface area (Å²) >= 11 is 6.04. The van der Waals surface area contributed by atoms with Gasteiger partial charge < -0.3 is 9.84 Å². The molecule has 0 fully saturated rings. The van der Waals surface area contributed by atoms with Crippen LogP contribution in [0.5, 0.6) is 5.75 Å². The van der Waals surface area contributed by atoms with Crippen molar-refractivity contribution in [3.63, 3.8) is 0 Å². The van der Waals surface area contributed by atoms with Crippen LogP contribution in [0.15, 0.2) is 46.9 Å². The number of sulfone groups is 1. The number of alkyl halides is 3. The van der Waals surface area contributed by atoms with Gasteiger partial charge in [0.1, 0.15) is 5.75 Å². The monoisotopic (exact) mass is 432 g/mol. The van der Waals surface area contributed by atoms with Gasteiger partial charge in [0.05, 0.1) is 10.5 Å². The Hall–Kier alpha value is -2.52. The summed E-state index contributed by atoms with van der Waals surface area (Å²) in [4.78, 5) is 11.3. The highest BCUT2D eigenvalue weighted by molar-refractivity contribution is 7.90. The number of carboxylic acid groups (broad SMARTS) is 1. The molecule has 3 rings (SSSR count). The van der Waals surface area contributed by atoms with Gasteiger partial charge in [-0.15, -0.1) is 0 Å². The summed E-state index contributed by atoms with van der Waals surface area (Å²) in [5.74, 6) is -1.95. The Labute approximate surface area is 162 Å². The van der Waals surface area contributed by atoms with E-state index in [9.17, 15) is 26.4 Å². The van der Waals surface area contributed by atoms with E-state index < -0.39 is 33.7 Å². The summed E-state index contributed by atoms with van der Waals surface area (Å²) in [6, 6.07) is 8.08. The molecule has 1 heterocycles.